The summed E-state index contributed by atoms with van der Waals surface area (Å²) in [5.74, 6) is 0.513. The first kappa shape index (κ1) is 19.0. The van der Waals surface area contributed by atoms with E-state index in [1.807, 2.05) is 42.5 Å². The molecule has 1 amide bonds. The Morgan fingerprint density at radius 1 is 0.966 bits per heavy atom. The van der Waals surface area contributed by atoms with Gasteiger partial charge in [0.15, 0.2) is 0 Å². The van der Waals surface area contributed by atoms with E-state index in [4.69, 9.17) is 9.15 Å². The zero-order valence-electron chi connectivity index (χ0n) is 16.2. The molecule has 1 aliphatic rings. The molecular weight excluding hydrogens is 364 g/mol. The fraction of sp³-hybridized carbons (Fsp3) is 0.208. The first-order valence-electron chi connectivity index (χ1n) is 9.80. The van der Waals surface area contributed by atoms with E-state index in [1.165, 1.54) is 5.69 Å². The van der Waals surface area contributed by atoms with E-state index in [9.17, 15) is 4.79 Å². The highest BCUT2D eigenvalue weighted by Crippen LogP contribution is 2.20. The van der Waals surface area contributed by atoms with Crippen LogP contribution in [0, 0.1) is 0 Å². The standard InChI is InChI=1S/C24H24N2O3/c27-24(23(17-22-7-4-14-29-22)20-5-2-1-3-6-20)25-18-19-8-10-21(11-9-19)26-12-15-28-16-13-26/h1-11,14,17H,12-13,15-16,18H2,(H,25,27)/b23-17+. The fourth-order valence-electron chi connectivity index (χ4n) is 3.34. The van der Waals surface area contributed by atoms with Gasteiger partial charge in [-0.25, -0.2) is 0 Å². The van der Waals surface area contributed by atoms with Gasteiger partial charge in [-0.15, -0.1) is 0 Å². The van der Waals surface area contributed by atoms with Crippen molar-refractivity contribution in [2.24, 2.45) is 0 Å². The number of furan rings is 1. The Morgan fingerprint density at radius 2 is 1.72 bits per heavy atom. The summed E-state index contributed by atoms with van der Waals surface area (Å²) in [4.78, 5) is 15.2. The van der Waals surface area contributed by atoms with E-state index in [-0.39, 0.29) is 5.91 Å². The van der Waals surface area contributed by atoms with Crippen LogP contribution in [0.4, 0.5) is 5.69 Å². The number of hydrogen-bond acceptors (Lipinski definition) is 4. The van der Waals surface area contributed by atoms with E-state index in [1.54, 1.807) is 12.3 Å². The van der Waals surface area contributed by atoms with Crippen LogP contribution < -0.4 is 10.2 Å². The molecule has 0 saturated carbocycles. The zero-order chi connectivity index (χ0) is 19.9. The first-order valence-corrected chi connectivity index (χ1v) is 9.80. The molecule has 0 spiro atoms. The summed E-state index contributed by atoms with van der Waals surface area (Å²) in [5.41, 5.74) is 3.67. The second-order valence-electron chi connectivity index (χ2n) is 6.89. The average molecular weight is 388 g/mol. The van der Waals surface area contributed by atoms with Crippen LogP contribution in [0.25, 0.3) is 11.6 Å². The van der Waals surface area contributed by atoms with Gasteiger partial charge < -0.3 is 19.4 Å². The minimum Gasteiger partial charge on any atom is -0.465 e. The highest BCUT2D eigenvalue weighted by atomic mass is 16.5. The molecule has 3 aromatic rings. The monoisotopic (exact) mass is 388 g/mol. The zero-order valence-corrected chi connectivity index (χ0v) is 16.2. The lowest BCUT2D eigenvalue weighted by molar-refractivity contribution is -0.115. The maximum absolute atomic E-state index is 12.9. The Balaban J connectivity index is 1.44. The van der Waals surface area contributed by atoms with Gasteiger partial charge in [-0.3, -0.25) is 4.79 Å². The Bertz CT molecular complexity index is 942. The average Bonchev–Trinajstić information content (AvgIpc) is 3.31. The van der Waals surface area contributed by atoms with Gasteiger partial charge in [-0.05, 0) is 41.5 Å². The number of anilines is 1. The first-order chi connectivity index (χ1) is 14.3. The number of nitrogens with zero attached hydrogens (tertiary/aromatic N) is 1. The molecule has 0 aliphatic carbocycles. The smallest absolute Gasteiger partial charge is 0.252 e. The number of ether oxygens (including phenoxy) is 1. The summed E-state index contributed by atoms with van der Waals surface area (Å²) in [5, 5.41) is 3.03. The number of benzene rings is 2. The lowest BCUT2D eigenvalue weighted by atomic mass is 10.0. The molecule has 2 aromatic carbocycles. The Morgan fingerprint density at radius 3 is 2.41 bits per heavy atom. The molecule has 148 valence electrons. The number of amides is 1. The summed E-state index contributed by atoms with van der Waals surface area (Å²) in [6.45, 7) is 3.82. The molecule has 0 radical (unpaired) electrons. The topological polar surface area (TPSA) is 54.7 Å². The van der Waals surface area contributed by atoms with Crippen LogP contribution in [0.1, 0.15) is 16.9 Å². The van der Waals surface area contributed by atoms with Crippen LogP contribution in [0.15, 0.2) is 77.4 Å². The molecule has 0 atom stereocenters. The molecule has 0 bridgehead atoms. The van der Waals surface area contributed by atoms with Gasteiger partial charge in [0, 0.05) is 25.3 Å². The van der Waals surface area contributed by atoms with Crippen molar-refractivity contribution < 1.29 is 13.9 Å². The van der Waals surface area contributed by atoms with Gasteiger partial charge in [0.05, 0.1) is 25.1 Å². The predicted molar refractivity (Wildman–Crippen MR) is 114 cm³/mol. The maximum atomic E-state index is 12.9. The quantitative estimate of drug-likeness (QED) is 0.649. The molecule has 4 rings (SSSR count). The number of morpholine rings is 1. The fourth-order valence-corrected chi connectivity index (χ4v) is 3.34. The molecule has 5 nitrogen and oxygen atoms in total. The summed E-state index contributed by atoms with van der Waals surface area (Å²) in [6, 6.07) is 21.6. The van der Waals surface area contributed by atoms with Crippen LogP contribution in [-0.2, 0) is 16.1 Å². The minimum atomic E-state index is -0.134. The number of carbonyl (C=O) groups is 1. The van der Waals surface area contributed by atoms with Crippen LogP contribution in [0.3, 0.4) is 0 Å². The lowest BCUT2D eigenvalue weighted by Crippen LogP contribution is -2.36. The molecule has 5 heteroatoms. The molecule has 1 saturated heterocycles. The van der Waals surface area contributed by atoms with Crippen molar-refractivity contribution in [1.82, 2.24) is 5.32 Å². The number of hydrogen-bond donors (Lipinski definition) is 1. The van der Waals surface area contributed by atoms with Crippen molar-refractivity contribution in [3.8, 4) is 0 Å². The van der Waals surface area contributed by atoms with E-state index in [0.717, 1.165) is 37.4 Å². The Kier molecular flexibility index (Phi) is 6.07. The van der Waals surface area contributed by atoms with E-state index in [2.05, 4.69) is 34.5 Å². The summed E-state index contributed by atoms with van der Waals surface area (Å²) >= 11 is 0. The molecule has 1 fully saturated rings. The molecule has 29 heavy (non-hydrogen) atoms. The van der Waals surface area contributed by atoms with Gasteiger partial charge in [-0.1, -0.05) is 42.5 Å². The molecule has 1 aromatic heterocycles. The SMILES string of the molecule is O=C(NCc1ccc(N2CCOCC2)cc1)/C(=C/c1ccco1)c1ccccc1. The number of carbonyl (C=O) groups excluding carboxylic acids is 1. The normalized spacial score (nSPS) is 14.6. The van der Waals surface area contributed by atoms with E-state index >= 15 is 0 Å². The Labute approximate surface area is 170 Å². The van der Waals surface area contributed by atoms with Crippen LogP contribution in [0.5, 0.6) is 0 Å². The highest BCUT2D eigenvalue weighted by molar-refractivity contribution is 6.24. The molecule has 0 unspecified atom stereocenters. The largest absolute Gasteiger partial charge is 0.465 e. The number of rotatable bonds is 6. The second kappa shape index (κ2) is 9.26. The third kappa shape index (κ3) is 4.95. The van der Waals surface area contributed by atoms with Crippen LogP contribution >= 0.6 is 0 Å². The van der Waals surface area contributed by atoms with E-state index < -0.39 is 0 Å². The molecular formula is C24H24N2O3. The van der Waals surface area contributed by atoms with Crippen LogP contribution in [-0.4, -0.2) is 32.2 Å². The minimum absolute atomic E-state index is 0.134. The summed E-state index contributed by atoms with van der Waals surface area (Å²) < 4.78 is 10.8. The number of nitrogens with one attached hydrogen (secondary N) is 1. The van der Waals surface area contributed by atoms with Gasteiger partial charge in [0.1, 0.15) is 5.76 Å². The van der Waals surface area contributed by atoms with Crippen molar-refractivity contribution >= 4 is 23.2 Å². The van der Waals surface area contributed by atoms with Crippen LogP contribution in [0.2, 0.25) is 0 Å². The second-order valence-corrected chi connectivity index (χ2v) is 6.89. The van der Waals surface area contributed by atoms with E-state index in [0.29, 0.717) is 17.9 Å². The summed E-state index contributed by atoms with van der Waals surface area (Å²) in [6.07, 6.45) is 3.37. The lowest BCUT2D eigenvalue weighted by Gasteiger charge is -2.28. The third-order valence-corrected chi connectivity index (χ3v) is 4.92. The van der Waals surface area contributed by atoms with Crippen molar-refractivity contribution in [3.05, 3.63) is 89.9 Å². The maximum Gasteiger partial charge on any atom is 0.252 e. The highest BCUT2D eigenvalue weighted by Gasteiger charge is 2.14. The van der Waals surface area contributed by atoms with Crippen molar-refractivity contribution in [1.29, 1.82) is 0 Å². The Hall–Kier alpha value is -3.31. The molecule has 2 heterocycles. The van der Waals surface area contributed by atoms with Gasteiger partial charge in [-0.2, -0.15) is 0 Å². The molecule has 1 aliphatic heterocycles. The van der Waals surface area contributed by atoms with Crippen molar-refractivity contribution in [2.45, 2.75) is 6.54 Å². The van der Waals surface area contributed by atoms with Gasteiger partial charge in [0.25, 0.3) is 5.91 Å². The van der Waals surface area contributed by atoms with Gasteiger partial charge in [0.2, 0.25) is 0 Å². The van der Waals surface area contributed by atoms with Crippen molar-refractivity contribution in [3.63, 3.8) is 0 Å². The third-order valence-electron chi connectivity index (χ3n) is 4.92. The summed E-state index contributed by atoms with van der Waals surface area (Å²) in [7, 11) is 0. The van der Waals surface area contributed by atoms with Gasteiger partial charge >= 0.3 is 0 Å². The predicted octanol–water partition coefficient (Wildman–Crippen LogP) is 3.97. The molecule has 1 N–H and O–H groups in total. The van der Waals surface area contributed by atoms with Crippen molar-refractivity contribution in [2.75, 3.05) is 31.2 Å².